The Bertz CT molecular complexity index is 1150. The number of anilines is 1. The predicted molar refractivity (Wildman–Crippen MR) is 112 cm³/mol. The second-order valence-electron chi connectivity index (χ2n) is 7.41. The summed E-state index contributed by atoms with van der Waals surface area (Å²) in [6, 6.07) is 9.48. The van der Waals surface area contributed by atoms with Crippen molar-refractivity contribution in [1.82, 2.24) is 9.88 Å². The van der Waals surface area contributed by atoms with Crippen molar-refractivity contribution in [3.05, 3.63) is 46.8 Å². The summed E-state index contributed by atoms with van der Waals surface area (Å²) >= 11 is 0.853. The molecule has 4 N–H and O–H groups in total. The molecule has 10 heteroatoms. The Morgan fingerprint density at radius 1 is 1.13 bits per heavy atom. The van der Waals surface area contributed by atoms with Gasteiger partial charge in [-0.2, -0.15) is 13.2 Å². The lowest BCUT2D eigenvalue weighted by molar-refractivity contribution is -0.136. The molecule has 1 saturated heterocycles. The number of hydrogen-bond acceptors (Lipinski definition) is 5. The van der Waals surface area contributed by atoms with Gasteiger partial charge in [0, 0.05) is 30.0 Å². The Labute approximate surface area is 179 Å². The molecule has 3 heterocycles. The average Bonchev–Trinajstić information content (AvgIpc) is 3.09. The maximum absolute atomic E-state index is 13.9. The van der Waals surface area contributed by atoms with Gasteiger partial charge in [0.05, 0.1) is 16.9 Å². The summed E-state index contributed by atoms with van der Waals surface area (Å²) in [5, 5.41) is -0.257. The largest absolute Gasteiger partial charge is 0.417 e. The Morgan fingerprint density at radius 2 is 1.77 bits per heavy atom. The molecule has 31 heavy (non-hydrogen) atoms. The van der Waals surface area contributed by atoms with Crippen LogP contribution in [0.25, 0.3) is 21.5 Å². The Balaban J connectivity index is 1.77. The highest BCUT2D eigenvalue weighted by atomic mass is 32.1. The van der Waals surface area contributed by atoms with Crippen LogP contribution in [0.2, 0.25) is 0 Å². The monoisotopic (exact) mass is 448 g/mol. The minimum Gasteiger partial charge on any atom is -0.397 e. The molecule has 0 unspecified atom stereocenters. The van der Waals surface area contributed by atoms with Crippen LogP contribution in [0.5, 0.6) is 0 Å². The van der Waals surface area contributed by atoms with Crippen molar-refractivity contribution in [2.75, 3.05) is 18.8 Å². The van der Waals surface area contributed by atoms with Gasteiger partial charge in [0.1, 0.15) is 9.71 Å². The molecular weight excluding hydrogens is 429 g/mol. The second-order valence-corrected chi connectivity index (χ2v) is 8.41. The highest BCUT2D eigenvalue weighted by Crippen LogP contribution is 2.44. The molecule has 3 aromatic rings. The number of primary amides is 1. The first-order valence-corrected chi connectivity index (χ1v) is 10.4. The molecule has 0 saturated carbocycles. The third kappa shape index (κ3) is 3.95. The van der Waals surface area contributed by atoms with E-state index >= 15 is 0 Å². The number of benzene rings is 1. The van der Waals surface area contributed by atoms with Crippen molar-refractivity contribution in [3.8, 4) is 11.3 Å². The topological polar surface area (TPSA) is 102 Å². The minimum atomic E-state index is -4.67. The third-order valence-corrected chi connectivity index (χ3v) is 6.54. The van der Waals surface area contributed by atoms with E-state index < -0.39 is 23.6 Å². The predicted octanol–water partition coefficient (Wildman–Crippen LogP) is 3.90. The fourth-order valence-electron chi connectivity index (χ4n) is 3.77. The van der Waals surface area contributed by atoms with Crippen LogP contribution in [-0.2, 0) is 11.0 Å². The number of carbonyl (C=O) groups is 2. The first-order valence-electron chi connectivity index (χ1n) is 9.61. The van der Waals surface area contributed by atoms with Gasteiger partial charge in [-0.1, -0.05) is 30.3 Å². The van der Waals surface area contributed by atoms with E-state index in [0.29, 0.717) is 18.4 Å². The summed E-state index contributed by atoms with van der Waals surface area (Å²) in [6.45, 7) is 0.573. The Hall–Kier alpha value is -3.14. The highest BCUT2D eigenvalue weighted by Gasteiger charge is 2.37. The van der Waals surface area contributed by atoms with E-state index in [2.05, 4.69) is 4.98 Å². The van der Waals surface area contributed by atoms with Gasteiger partial charge in [-0.3, -0.25) is 9.59 Å². The number of fused-ring (bicyclic) bond motifs is 1. The second kappa shape index (κ2) is 7.84. The zero-order chi connectivity index (χ0) is 22.3. The maximum Gasteiger partial charge on any atom is 0.417 e. The molecule has 0 bridgehead atoms. The molecule has 0 aliphatic carbocycles. The number of carbonyl (C=O) groups excluding carboxylic acids is 2. The summed E-state index contributed by atoms with van der Waals surface area (Å²) in [5.74, 6) is -1.19. The fourth-order valence-corrected chi connectivity index (χ4v) is 4.86. The SMILES string of the molecule is NC(=O)C1CCN(C(=O)c2sc3nc(-c4ccccc4)cc(C(F)(F)F)c3c2N)CC1. The average molecular weight is 448 g/mol. The number of amides is 2. The van der Waals surface area contributed by atoms with E-state index in [9.17, 15) is 22.8 Å². The van der Waals surface area contributed by atoms with Crippen LogP contribution < -0.4 is 11.5 Å². The summed E-state index contributed by atoms with van der Waals surface area (Å²) < 4.78 is 41.6. The van der Waals surface area contributed by atoms with E-state index in [1.165, 1.54) is 4.90 Å². The van der Waals surface area contributed by atoms with E-state index in [0.717, 1.165) is 17.4 Å². The number of pyridine rings is 1. The number of halogens is 3. The van der Waals surface area contributed by atoms with Gasteiger partial charge in [-0.05, 0) is 18.9 Å². The molecule has 1 aliphatic heterocycles. The number of thiophene rings is 1. The van der Waals surface area contributed by atoms with Gasteiger partial charge in [-0.25, -0.2) is 4.98 Å². The highest BCUT2D eigenvalue weighted by molar-refractivity contribution is 7.21. The Kier molecular flexibility index (Phi) is 5.34. The van der Waals surface area contributed by atoms with E-state index in [1.807, 2.05) is 0 Å². The lowest BCUT2D eigenvalue weighted by Gasteiger charge is -2.30. The summed E-state index contributed by atoms with van der Waals surface area (Å²) in [7, 11) is 0. The lowest BCUT2D eigenvalue weighted by atomic mass is 9.96. The third-order valence-electron chi connectivity index (χ3n) is 5.45. The normalized spacial score (nSPS) is 15.4. The number of aromatic nitrogens is 1. The number of alkyl halides is 3. The zero-order valence-corrected chi connectivity index (χ0v) is 17.1. The molecular formula is C21H19F3N4O2S. The van der Waals surface area contributed by atoms with Crippen LogP contribution in [0.15, 0.2) is 36.4 Å². The smallest absolute Gasteiger partial charge is 0.397 e. The number of piperidine rings is 1. The first-order chi connectivity index (χ1) is 14.7. The lowest BCUT2D eigenvalue weighted by Crippen LogP contribution is -2.41. The van der Waals surface area contributed by atoms with Crippen molar-refractivity contribution in [2.45, 2.75) is 19.0 Å². The van der Waals surface area contributed by atoms with Crippen LogP contribution in [0.1, 0.15) is 28.1 Å². The number of nitrogens with zero attached hydrogens (tertiary/aromatic N) is 2. The number of nitrogen functional groups attached to an aromatic ring is 1. The molecule has 2 amide bonds. The van der Waals surface area contributed by atoms with Gasteiger partial charge < -0.3 is 16.4 Å². The molecule has 162 valence electrons. The molecule has 0 radical (unpaired) electrons. The molecule has 1 fully saturated rings. The Morgan fingerprint density at radius 3 is 2.35 bits per heavy atom. The molecule has 6 nitrogen and oxygen atoms in total. The van der Waals surface area contributed by atoms with Crippen LogP contribution in [0, 0.1) is 5.92 Å². The van der Waals surface area contributed by atoms with Gasteiger partial charge >= 0.3 is 6.18 Å². The quantitative estimate of drug-likeness (QED) is 0.634. The molecule has 0 atom stereocenters. The molecule has 1 aromatic carbocycles. The summed E-state index contributed by atoms with van der Waals surface area (Å²) in [4.78, 5) is 30.3. The fraction of sp³-hybridized carbons (Fsp3) is 0.286. The van der Waals surface area contributed by atoms with Gasteiger partial charge in [0.25, 0.3) is 5.91 Å². The zero-order valence-electron chi connectivity index (χ0n) is 16.3. The minimum absolute atomic E-state index is 0.0238. The van der Waals surface area contributed by atoms with Crippen LogP contribution in [-0.4, -0.2) is 34.8 Å². The van der Waals surface area contributed by atoms with Crippen LogP contribution in [0.3, 0.4) is 0 Å². The van der Waals surface area contributed by atoms with E-state index in [4.69, 9.17) is 11.5 Å². The van der Waals surface area contributed by atoms with Gasteiger partial charge in [-0.15, -0.1) is 11.3 Å². The van der Waals surface area contributed by atoms with Crippen molar-refractivity contribution in [2.24, 2.45) is 11.7 Å². The van der Waals surface area contributed by atoms with E-state index in [-0.39, 0.29) is 45.5 Å². The first kappa shape index (κ1) is 21.1. The summed E-state index contributed by atoms with van der Waals surface area (Å²) in [6.07, 6.45) is -3.84. The maximum atomic E-state index is 13.9. The van der Waals surface area contributed by atoms with Crippen molar-refractivity contribution >= 4 is 39.1 Å². The number of rotatable bonds is 3. The number of hydrogen-bond donors (Lipinski definition) is 2. The van der Waals surface area contributed by atoms with Crippen molar-refractivity contribution in [3.63, 3.8) is 0 Å². The number of likely N-dealkylation sites (tertiary alicyclic amines) is 1. The van der Waals surface area contributed by atoms with Crippen LogP contribution in [0.4, 0.5) is 18.9 Å². The van der Waals surface area contributed by atoms with E-state index in [1.54, 1.807) is 30.3 Å². The van der Waals surface area contributed by atoms with Gasteiger partial charge in [0.15, 0.2) is 0 Å². The van der Waals surface area contributed by atoms with Crippen molar-refractivity contribution < 1.29 is 22.8 Å². The molecule has 2 aromatic heterocycles. The van der Waals surface area contributed by atoms with Crippen LogP contribution >= 0.6 is 11.3 Å². The molecule has 4 rings (SSSR count). The molecule has 0 spiro atoms. The summed E-state index contributed by atoms with van der Waals surface area (Å²) in [5.41, 5.74) is 10.9. The molecule has 1 aliphatic rings. The van der Waals surface area contributed by atoms with Gasteiger partial charge in [0.2, 0.25) is 5.91 Å². The number of nitrogens with two attached hydrogens (primary N) is 2. The van der Waals surface area contributed by atoms with Crippen molar-refractivity contribution in [1.29, 1.82) is 0 Å². The standard InChI is InChI=1S/C21H19F3N4O2S/c22-21(23,24)13-10-14(11-4-2-1-3-5-11)27-19-15(13)16(25)17(31-19)20(30)28-8-6-12(7-9-28)18(26)29/h1-5,10,12H,6-9,25H2,(H2,26,29).